The molecular formula is C15H9Cl2NO2. The molecule has 0 saturated carbocycles. The first kappa shape index (κ1) is 13.0. The number of rotatable bonds is 1. The van der Waals surface area contributed by atoms with Gasteiger partial charge in [0, 0.05) is 27.4 Å². The molecule has 20 heavy (non-hydrogen) atoms. The number of benzene rings is 2. The molecule has 0 spiro atoms. The van der Waals surface area contributed by atoms with Crippen molar-refractivity contribution in [3.05, 3.63) is 57.6 Å². The Morgan fingerprint density at radius 2 is 1.90 bits per heavy atom. The first-order valence-corrected chi connectivity index (χ1v) is 6.62. The molecule has 0 fully saturated rings. The van der Waals surface area contributed by atoms with Crippen LogP contribution in [-0.4, -0.2) is 11.0 Å². The number of para-hydroxylation sites is 1. The molecule has 100 valence electrons. The van der Waals surface area contributed by atoms with Crippen molar-refractivity contribution in [1.82, 2.24) is 0 Å². The van der Waals surface area contributed by atoms with Gasteiger partial charge < -0.3 is 10.4 Å². The van der Waals surface area contributed by atoms with Crippen molar-refractivity contribution in [3.8, 4) is 5.75 Å². The van der Waals surface area contributed by atoms with Crippen LogP contribution in [0.15, 0.2) is 36.4 Å². The maximum Gasteiger partial charge on any atom is 0.256 e. The quantitative estimate of drug-likeness (QED) is 0.776. The molecule has 1 aliphatic rings. The number of nitrogens with one attached hydrogen (secondary N) is 1. The van der Waals surface area contributed by atoms with Gasteiger partial charge in [-0.3, -0.25) is 4.79 Å². The SMILES string of the molecule is O=C1Nc2ccccc2/C1=C/c1cc(Cl)cc(Cl)c1O. The zero-order chi connectivity index (χ0) is 14.3. The van der Waals surface area contributed by atoms with E-state index in [0.29, 0.717) is 16.2 Å². The minimum atomic E-state index is -0.221. The highest BCUT2D eigenvalue weighted by molar-refractivity contribution is 6.37. The molecule has 0 saturated heterocycles. The molecule has 1 amide bonds. The minimum absolute atomic E-state index is 0.0965. The molecule has 2 aromatic rings. The van der Waals surface area contributed by atoms with Crippen LogP contribution in [-0.2, 0) is 4.79 Å². The van der Waals surface area contributed by atoms with Crippen LogP contribution in [0.3, 0.4) is 0 Å². The largest absolute Gasteiger partial charge is 0.506 e. The number of phenolic OH excluding ortho intramolecular Hbond substituents is 1. The van der Waals surface area contributed by atoms with Crippen molar-refractivity contribution in [3.63, 3.8) is 0 Å². The molecule has 2 N–H and O–H groups in total. The highest BCUT2D eigenvalue weighted by Gasteiger charge is 2.23. The van der Waals surface area contributed by atoms with Crippen molar-refractivity contribution < 1.29 is 9.90 Å². The van der Waals surface area contributed by atoms with E-state index in [9.17, 15) is 9.90 Å². The van der Waals surface area contributed by atoms with Gasteiger partial charge in [-0.05, 0) is 24.3 Å². The predicted octanol–water partition coefficient (Wildman–Crippen LogP) is 4.19. The molecular weight excluding hydrogens is 297 g/mol. The average molecular weight is 306 g/mol. The van der Waals surface area contributed by atoms with Gasteiger partial charge in [-0.1, -0.05) is 41.4 Å². The topological polar surface area (TPSA) is 49.3 Å². The van der Waals surface area contributed by atoms with E-state index in [0.717, 1.165) is 11.3 Å². The van der Waals surface area contributed by atoms with E-state index >= 15 is 0 Å². The number of halogens is 2. The van der Waals surface area contributed by atoms with Gasteiger partial charge in [-0.15, -0.1) is 0 Å². The Bertz CT molecular complexity index is 754. The van der Waals surface area contributed by atoms with E-state index in [1.54, 1.807) is 12.1 Å². The second kappa shape index (κ2) is 4.85. The smallest absolute Gasteiger partial charge is 0.256 e. The highest BCUT2D eigenvalue weighted by atomic mass is 35.5. The van der Waals surface area contributed by atoms with E-state index in [1.165, 1.54) is 6.07 Å². The lowest BCUT2D eigenvalue weighted by molar-refractivity contribution is -0.110. The Morgan fingerprint density at radius 1 is 1.15 bits per heavy atom. The van der Waals surface area contributed by atoms with Crippen molar-refractivity contribution in [2.75, 3.05) is 5.32 Å². The summed E-state index contributed by atoms with van der Waals surface area (Å²) in [7, 11) is 0. The molecule has 1 aliphatic heterocycles. The zero-order valence-electron chi connectivity index (χ0n) is 10.2. The number of fused-ring (bicyclic) bond motifs is 1. The molecule has 1 heterocycles. The number of aromatic hydroxyl groups is 1. The van der Waals surface area contributed by atoms with Crippen LogP contribution < -0.4 is 5.32 Å². The fourth-order valence-electron chi connectivity index (χ4n) is 2.13. The van der Waals surface area contributed by atoms with E-state index < -0.39 is 0 Å². The van der Waals surface area contributed by atoms with Crippen LogP contribution >= 0.6 is 23.2 Å². The summed E-state index contributed by atoms with van der Waals surface area (Å²) < 4.78 is 0. The summed E-state index contributed by atoms with van der Waals surface area (Å²) >= 11 is 11.8. The monoisotopic (exact) mass is 305 g/mol. The zero-order valence-corrected chi connectivity index (χ0v) is 11.7. The standard InChI is InChI=1S/C15H9Cl2NO2/c16-9-5-8(14(19)12(17)7-9)6-11-10-3-1-2-4-13(10)18-15(11)20/h1-7,19H,(H,18,20)/b11-6-. The maximum atomic E-state index is 12.0. The van der Waals surface area contributed by atoms with Gasteiger partial charge in [0.05, 0.1) is 5.02 Å². The van der Waals surface area contributed by atoms with Crippen LogP contribution in [0, 0.1) is 0 Å². The average Bonchev–Trinajstić information content (AvgIpc) is 2.72. The van der Waals surface area contributed by atoms with E-state index in [-0.39, 0.29) is 16.7 Å². The first-order chi connectivity index (χ1) is 9.56. The molecule has 2 aromatic carbocycles. The summed E-state index contributed by atoms with van der Waals surface area (Å²) in [5, 5.41) is 13.3. The normalized spacial score (nSPS) is 15.3. The number of carbonyl (C=O) groups excluding carboxylic acids is 1. The fourth-order valence-corrected chi connectivity index (χ4v) is 2.64. The highest BCUT2D eigenvalue weighted by Crippen LogP contribution is 2.37. The van der Waals surface area contributed by atoms with Gasteiger partial charge in [0.2, 0.25) is 0 Å². The molecule has 0 atom stereocenters. The third-order valence-electron chi connectivity index (χ3n) is 3.07. The number of hydrogen-bond donors (Lipinski definition) is 2. The van der Waals surface area contributed by atoms with Gasteiger partial charge in [-0.2, -0.15) is 0 Å². The Balaban J connectivity index is 2.16. The summed E-state index contributed by atoms with van der Waals surface area (Å²) in [4.78, 5) is 12.0. The van der Waals surface area contributed by atoms with Gasteiger partial charge >= 0.3 is 0 Å². The third-order valence-corrected chi connectivity index (χ3v) is 3.57. The fraction of sp³-hybridized carbons (Fsp3) is 0. The molecule has 0 aliphatic carbocycles. The van der Waals surface area contributed by atoms with Gasteiger partial charge in [0.25, 0.3) is 5.91 Å². The van der Waals surface area contributed by atoms with Crippen molar-refractivity contribution in [2.24, 2.45) is 0 Å². The van der Waals surface area contributed by atoms with Crippen molar-refractivity contribution >= 4 is 46.4 Å². The molecule has 3 rings (SSSR count). The number of hydrogen-bond acceptors (Lipinski definition) is 2. The second-order valence-corrected chi connectivity index (χ2v) is 5.23. The summed E-state index contributed by atoms with van der Waals surface area (Å²) in [5.74, 6) is -0.317. The first-order valence-electron chi connectivity index (χ1n) is 5.87. The van der Waals surface area contributed by atoms with Gasteiger partial charge in [0.15, 0.2) is 0 Å². The van der Waals surface area contributed by atoms with Crippen LogP contribution in [0.1, 0.15) is 11.1 Å². The molecule has 3 nitrogen and oxygen atoms in total. The van der Waals surface area contributed by atoms with Crippen molar-refractivity contribution in [1.29, 1.82) is 0 Å². The lowest BCUT2D eigenvalue weighted by atomic mass is 10.0. The Kier molecular flexibility index (Phi) is 3.16. The predicted molar refractivity (Wildman–Crippen MR) is 81.1 cm³/mol. The Labute approximate surface area is 125 Å². The molecule has 0 unspecified atom stereocenters. The lowest BCUT2D eigenvalue weighted by Crippen LogP contribution is -2.03. The molecule has 0 aromatic heterocycles. The molecule has 5 heteroatoms. The molecule has 0 radical (unpaired) electrons. The summed E-state index contributed by atoms with van der Waals surface area (Å²) in [6.45, 7) is 0. The maximum absolute atomic E-state index is 12.0. The number of carbonyl (C=O) groups is 1. The number of amides is 1. The van der Waals surface area contributed by atoms with Crippen LogP contribution in [0.25, 0.3) is 11.6 Å². The van der Waals surface area contributed by atoms with E-state index in [1.807, 2.05) is 24.3 Å². The van der Waals surface area contributed by atoms with Crippen molar-refractivity contribution in [2.45, 2.75) is 0 Å². The Hall–Kier alpha value is -1.97. The minimum Gasteiger partial charge on any atom is -0.506 e. The number of phenols is 1. The van der Waals surface area contributed by atoms with E-state index in [2.05, 4.69) is 5.32 Å². The third kappa shape index (κ3) is 2.15. The van der Waals surface area contributed by atoms with Gasteiger partial charge in [0.1, 0.15) is 5.75 Å². The van der Waals surface area contributed by atoms with Crippen LogP contribution in [0.5, 0.6) is 5.75 Å². The van der Waals surface area contributed by atoms with Crippen LogP contribution in [0.4, 0.5) is 5.69 Å². The van der Waals surface area contributed by atoms with E-state index in [4.69, 9.17) is 23.2 Å². The molecule has 0 bridgehead atoms. The lowest BCUT2D eigenvalue weighted by Gasteiger charge is -2.04. The number of anilines is 1. The summed E-state index contributed by atoms with van der Waals surface area (Å²) in [5.41, 5.74) is 2.41. The van der Waals surface area contributed by atoms with Crippen LogP contribution in [0.2, 0.25) is 10.0 Å². The second-order valence-electron chi connectivity index (χ2n) is 4.38. The Morgan fingerprint density at radius 3 is 2.70 bits per heavy atom. The summed E-state index contributed by atoms with van der Waals surface area (Å²) in [6.07, 6.45) is 1.58. The van der Waals surface area contributed by atoms with Gasteiger partial charge in [-0.25, -0.2) is 0 Å². The summed E-state index contributed by atoms with van der Waals surface area (Å²) in [6, 6.07) is 10.3.